The normalized spacial score (nSPS) is 15.1. The molecular formula is C17H17N5O. The Labute approximate surface area is 134 Å². The molecule has 1 amide bonds. The van der Waals surface area contributed by atoms with Crippen molar-refractivity contribution in [1.82, 2.24) is 19.5 Å². The summed E-state index contributed by atoms with van der Waals surface area (Å²) in [6.45, 7) is 2.90. The molecule has 0 spiro atoms. The molecule has 116 valence electrons. The maximum atomic E-state index is 12.5. The number of pyridine rings is 1. The number of aromatic nitrogens is 3. The minimum absolute atomic E-state index is 0.0938. The van der Waals surface area contributed by atoms with Crippen molar-refractivity contribution in [2.75, 3.05) is 31.1 Å². The first-order valence-corrected chi connectivity index (χ1v) is 7.72. The van der Waals surface area contributed by atoms with Crippen molar-refractivity contribution in [3.05, 3.63) is 60.3 Å². The standard InChI is InChI=1S/C17H17N5O/c23-16(14-6-2-1-3-7-14)20-10-12-21(13-11-20)17-19-18-15-8-4-5-9-22(15)17/h1-9H,10-13H2. The number of carbonyl (C=O) groups is 1. The molecule has 0 aliphatic carbocycles. The van der Waals surface area contributed by atoms with E-state index in [0.29, 0.717) is 13.1 Å². The van der Waals surface area contributed by atoms with Gasteiger partial charge in [0.2, 0.25) is 5.95 Å². The Morgan fingerprint density at radius 3 is 2.39 bits per heavy atom. The highest BCUT2D eigenvalue weighted by Crippen LogP contribution is 2.16. The van der Waals surface area contributed by atoms with E-state index in [1.54, 1.807) is 0 Å². The molecule has 0 atom stereocenters. The quantitative estimate of drug-likeness (QED) is 0.723. The summed E-state index contributed by atoms with van der Waals surface area (Å²) < 4.78 is 1.98. The molecule has 6 nitrogen and oxygen atoms in total. The van der Waals surface area contributed by atoms with Crippen molar-refractivity contribution in [1.29, 1.82) is 0 Å². The monoisotopic (exact) mass is 307 g/mol. The maximum Gasteiger partial charge on any atom is 0.253 e. The summed E-state index contributed by atoms with van der Waals surface area (Å²) in [4.78, 5) is 16.6. The Balaban J connectivity index is 1.48. The van der Waals surface area contributed by atoms with Crippen LogP contribution in [0, 0.1) is 0 Å². The van der Waals surface area contributed by atoms with Crippen molar-refractivity contribution >= 4 is 17.5 Å². The summed E-state index contributed by atoms with van der Waals surface area (Å²) in [6, 6.07) is 15.3. The van der Waals surface area contributed by atoms with Gasteiger partial charge in [-0.2, -0.15) is 0 Å². The summed E-state index contributed by atoms with van der Waals surface area (Å²) in [6.07, 6.45) is 1.96. The molecular weight excluding hydrogens is 290 g/mol. The Morgan fingerprint density at radius 2 is 1.61 bits per heavy atom. The molecule has 1 fully saturated rings. The number of fused-ring (bicyclic) bond motifs is 1. The largest absolute Gasteiger partial charge is 0.337 e. The molecule has 0 bridgehead atoms. The van der Waals surface area contributed by atoms with Gasteiger partial charge in [0, 0.05) is 37.9 Å². The molecule has 1 aliphatic rings. The third-order valence-electron chi connectivity index (χ3n) is 4.17. The molecule has 1 saturated heterocycles. The molecule has 3 heterocycles. The lowest BCUT2D eigenvalue weighted by molar-refractivity contribution is 0.0746. The lowest BCUT2D eigenvalue weighted by Crippen LogP contribution is -2.49. The average molecular weight is 307 g/mol. The molecule has 1 aromatic carbocycles. The van der Waals surface area contributed by atoms with Crippen LogP contribution in [0.1, 0.15) is 10.4 Å². The number of hydrogen-bond acceptors (Lipinski definition) is 4. The second kappa shape index (κ2) is 5.72. The van der Waals surface area contributed by atoms with Gasteiger partial charge in [0.15, 0.2) is 5.65 Å². The van der Waals surface area contributed by atoms with Crippen LogP contribution >= 0.6 is 0 Å². The predicted molar refractivity (Wildman–Crippen MR) is 87.5 cm³/mol. The zero-order valence-corrected chi connectivity index (χ0v) is 12.7. The molecule has 23 heavy (non-hydrogen) atoms. The van der Waals surface area contributed by atoms with E-state index < -0.39 is 0 Å². The SMILES string of the molecule is O=C(c1ccccc1)N1CCN(c2nnc3ccccn23)CC1. The van der Waals surface area contributed by atoms with Crippen molar-refractivity contribution in [2.24, 2.45) is 0 Å². The molecule has 0 unspecified atom stereocenters. The summed E-state index contributed by atoms with van der Waals surface area (Å²) in [5.41, 5.74) is 1.58. The van der Waals surface area contributed by atoms with Crippen LogP contribution in [-0.2, 0) is 0 Å². The molecule has 2 aromatic heterocycles. The Kier molecular flexibility index (Phi) is 3.42. The van der Waals surface area contributed by atoms with Gasteiger partial charge in [0.25, 0.3) is 5.91 Å². The van der Waals surface area contributed by atoms with Crippen LogP contribution in [0.25, 0.3) is 5.65 Å². The predicted octanol–water partition coefficient (Wildman–Crippen LogP) is 1.69. The third-order valence-corrected chi connectivity index (χ3v) is 4.17. The van der Waals surface area contributed by atoms with Gasteiger partial charge < -0.3 is 9.80 Å². The van der Waals surface area contributed by atoms with Gasteiger partial charge in [0.1, 0.15) is 0 Å². The van der Waals surface area contributed by atoms with E-state index in [1.165, 1.54) is 0 Å². The first-order chi connectivity index (χ1) is 11.3. The molecule has 4 rings (SSSR count). The minimum Gasteiger partial charge on any atom is -0.337 e. The van der Waals surface area contributed by atoms with Crippen LogP contribution in [0.4, 0.5) is 5.95 Å². The second-order valence-corrected chi connectivity index (χ2v) is 5.57. The highest BCUT2D eigenvalue weighted by molar-refractivity contribution is 5.94. The van der Waals surface area contributed by atoms with Crippen LogP contribution in [0.2, 0.25) is 0 Å². The van der Waals surface area contributed by atoms with Gasteiger partial charge in [-0.25, -0.2) is 0 Å². The Bertz CT molecular complexity index is 821. The minimum atomic E-state index is 0.0938. The number of nitrogens with zero attached hydrogens (tertiary/aromatic N) is 5. The summed E-state index contributed by atoms with van der Waals surface area (Å²) in [7, 11) is 0. The van der Waals surface area contributed by atoms with Crippen molar-refractivity contribution in [2.45, 2.75) is 0 Å². The Hall–Kier alpha value is -2.89. The molecule has 0 radical (unpaired) electrons. The zero-order valence-electron chi connectivity index (χ0n) is 12.7. The fourth-order valence-corrected chi connectivity index (χ4v) is 2.92. The van der Waals surface area contributed by atoms with Gasteiger partial charge in [-0.05, 0) is 24.3 Å². The fraction of sp³-hybridized carbons (Fsp3) is 0.235. The van der Waals surface area contributed by atoms with Gasteiger partial charge in [0.05, 0.1) is 0 Å². The second-order valence-electron chi connectivity index (χ2n) is 5.57. The van der Waals surface area contributed by atoms with Crippen LogP contribution in [-0.4, -0.2) is 51.6 Å². The fourth-order valence-electron chi connectivity index (χ4n) is 2.92. The van der Waals surface area contributed by atoms with E-state index in [1.807, 2.05) is 64.0 Å². The number of piperazine rings is 1. The number of benzene rings is 1. The smallest absolute Gasteiger partial charge is 0.253 e. The van der Waals surface area contributed by atoms with Gasteiger partial charge in [-0.15, -0.1) is 10.2 Å². The summed E-state index contributed by atoms with van der Waals surface area (Å²) >= 11 is 0. The lowest BCUT2D eigenvalue weighted by atomic mass is 10.2. The topological polar surface area (TPSA) is 53.7 Å². The highest BCUT2D eigenvalue weighted by Gasteiger charge is 2.24. The van der Waals surface area contributed by atoms with E-state index in [4.69, 9.17) is 0 Å². The van der Waals surface area contributed by atoms with E-state index in [0.717, 1.165) is 30.2 Å². The van der Waals surface area contributed by atoms with E-state index >= 15 is 0 Å². The van der Waals surface area contributed by atoms with E-state index in [-0.39, 0.29) is 5.91 Å². The van der Waals surface area contributed by atoms with Gasteiger partial charge >= 0.3 is 0 Å². The van der Waals surface area contributed by atoms with E-state index in [2.05, 4.69) is 15.1 Å². The van der Waals surface area contributed by atoms with Crippen LogP contribution in [0.5, 0.6) is 0 Å². The number of carbonyl (C=O) groups excluding carboxylic acids is 1. The molecule has 0 saturated carbocycles. The zero-order chi connectivity index (χ0) is 15.6. The van der Waals surface area contributed by atoms with E-state index in [9.17, 15) is 4.79 Å². The molecule has 1 aliphatic heterocycles. The number of amides is 1. The molecule has 0 N–H and O–H groups in total. The third kappa shape index (κ3) is 2.52. The molecule has 3 aromatic rings. The number of rotatable bonds is 2. The number of anilines is 1. The van der Waals surface area contributed by atoms with Crippen LogP contribution in [0.15, 0.2) is 54.7 Å². The lowest BCUT2D eigenvalue weighted by Gasteiger charge is -2.34. The number of hydrogen-bond donors (Lipinski definition) is 0. The van der Waals surface area contributed by atoms with Crippen molar-refractivity contribution in [3.8, 4) is 0 Å². The summed E-state index contributed by atoms with van der Waals surface area (Å²) in [5.74, 6) is 0.934. The van der Waals surface area contributed by atoms with Crippen molar-refractivity contribution in [3.63, 3.8) is 0 Å². The van der Waals surface area contributed by atoms with Crippen LogP contribution < -0.4 is 4.90 Å². The van der Waals surface area contributed by atoms with Crippen LogP contribution in [0.3, 0.4) is 0 Å². The Morgan fingerprint density at radius 1 is 0.870 bits per heavy atom. The first kappa shape index (κ1) is 13.8. The highest BCUT2D eigenvalue weighted by atomic mass is 16.2. The van der Waals surface area contributed by atoms with Gasteiger partial charge in [-0.3, -0.25) is 9.20 Å². The van der Waals surface area contributed by atoms with Gasteiger partial charge in [-0.1, -0.05) is 24.3 Å². The van der Waals surface area contributed by atoms with Crippen molar-refractivity contribution < 1.29 is 4.79 Å². The maximum absolute atomic E-state index is 12.5. The molecule has 6 heteroatoms. The average Bonchev–Trinajstić information content (AvgIpc) is 3.06. The first-order valence-electron chi connectivity index (χ1n) is 7.72. The summed E-state index contributed by atoms with van der Waals surface area (Å²) in [5, 5.41) is 8.47.